The number of carbonyl (C=O) groups excluding carboxylic acids is 2. The van der Waals surface area contributed by atoms with E-state index in [4.69, 9.17) is 16.3 Å². The van der Waals surface area contributed by atoms with E-state index in [0.717, 1.165) is 34.4 Å². The summed E-state index contributed by atoms with van der Waals surface area (Å²) in [6, 6.07) is 2.64. The molecule has 240 valence electrons. The van der Waals surface area contributed by atoms with Gasteiger partial charge in [-0.2, -0.15) is 22.7 Å². The number of fused-ring (bicyclic) bond motifs is 1. The number of aliphatic hydroxyl groups excluding tert-OH is 1. The molecule has 0 atom stereocenters. The van der Waals surface area contributed by atoms with Crippen molar-refractivity contribution in [3.63, 3.8) is 0 Å². The summed E-state index contributed by atoms with van der Waals surface area (Å²) in [6.45, 7) is 4.87. The van der Waals surface area contributed by atoms with Crippen molar-refractivity contribution in [3.05, 3.63) is 68.6 Å². The first-order chi connectivity index (χ1) is 21.4. The Morgan fingerprint density at radius 3 is 2.53 bits per heavy atom. The molecule has 3 aromatic rings. The van der Waals surface area contributed by atoms with Crippen molar-refractivity contribution in [2.24, 2.45) is 0 Å². The van der Waals surface area contributed by atoms with Gasteiger partial charge in [0.25, 0.3) is 5.56 Å². The Labute approximate surface area is 260 Å². The number of aromatic nitrogens is 4. The number of nitrogens with one attached hydrogen (secondary N) is 1. The van der Waals surface area contributed by atoms with Gasteiger partial charge in [0.05, 0.1) is 40.9 Å². The second kappa shape index (κ2) is 12.9. The van der Waals surface area contributed by atoms with E-state index in [0.29, 0.717) is 56.4 Å². The number of halogens is 4. The van der Waals surface area contributed by atoms with Crippen molar-refractivity contribution in [2.45, 2.75) is 39.4 Å². The predicted molar refractivity (Wildman–Crippen MR) is 160 cm³/mol. The lowest BCUT2D eigenvalue weighted by Crippen LogP contribution is -2.50. The summed E-state index contributed by atoms with van der Waals surface area (Å²) in [5.74, 6) is -0.631. The van der Waals surface area contributed by atoms with Crippen LogP contribution in [0.2, 0.25) is 5.02 Å². The maximum absolute atomic E-state index is 14.0. The summed E-state index contributed by atoms with van der Waals surface area (Å²) in [4.78, 5) is 47.8. The second-order valence-corrected chi connectivity index (χ2v) is 11.0. The van der Waals surface area contributed by atoms with Crippen LogP contribution >= 0.6 is 11.6 Å². The van der Waals surface area contributed by atoms with E-state index < -0.39 is 23.2 Å². The maximum atomic E-state index is 14.0. The number of allylic oxidation sites excluding steroid dienone is 1. The van der Waals surface area contributed by atoms with Gasteiger partial charge in [0, 0.05) is 32.3 Å². The van der Waals surface area contributed by atoms with Crippen molar-refractivity contribution >= 4 is 46.1 Å². The first-order valence-electron chi connectivity index (χ1n) is 14.2. The monoisotopic (exact) mass is 649 g/mol. The first-order valence-corrected chi connectivity index (χ1v) is 14.6. The van der Waals surface area contributed by atoms with Gasteiger partial charge in [-0.05, 0) is 43.5 Å². The van der Waals surface area contributed by atoms with E-state index in [1.165, 1.54) is 6.92 Å². The largest absolute Gasteiger partial charge is 0.512 e. The number of benzene rings is 1. The van der Waals surface area contributed by atoms with Gasteiger partial charge in [0.15, 0.2) is 5.82 Å². The van der Waals surface area contributed by atoms with E-state index in [9.17, 15) is 32.7 Å². The van der Waals surface area contributed by atoms with E-state index in [1.807, 2.05) is 17.9 Å². The first kappa shape index (κ1) is 32.0. The van der Waals surface area contributed by atoms with Crippen LogP contribution in [0.5, 0.6) is 0 Å². The molecule has 2 aromatic heterocycles. The summed E-state index contributed by atoms with van der Waals surface area (Å²) in [5, 5.41) is 16.3. The van der Waals surface area contributed by atoms with Crippen molar-refractivity contribution in [2.75, 3.05) is 49.6 Å². The summed E-state index contributed by atoms with van der Waals surface area (Å²) in [7, 11) is 0. The van der Waals surface area contributed by atoms with Crippen LogP contribution in [0.15, 0.2) is 40.9 Å². The fourth-order valence-corrected chi connectivity index (χ4v) is 5.57. The number of aliphatic hydroxyl groups is 1. The van der Waals surface area contributed by atoms with Crippen LogP contribution < -0.4 is 15.8 Å². The molecule has 0 radical (unpaired) electrons. The van der Waals surface area contributed by atoms with E-state index in [-0.39, 0.29) is 47.8 Å². The fraction of sp³-hybridized carbons (Fsp3) is 0.414. The van der Waals surface area contributed by atoms with E-state index >= 15 is 0 Å². The summed E-state index contributed by atoms with van der Waals surface area (Å²) >= 11 is 6.08. The van der Waals surface area contributed by atoms with Gasteiger partial charge in [-0.1, -0.05) is 24.6 Å². The molecule has 1 aromatic carbocycles. The zero-order valence-corrected chi connectivity index (χ0v) is 25.3. The minimum atomic E-state index is -4.60. The highest BCUT2D eigenvalue weighted by Gasteiger charge is 2.32. The Morgan fingerprint density at radius 1 is 1.20 bits per heavy atom. The molecule has 45 heavy (non-hydrogen) atoms. The molecule has 2 aliphatic heterocycles. The molecule has 16 heteroatoms. The highest BCUT2D eigenvalue weighted by atomic mass is 35.5. The third-order valence-electron chi connectivity index (χ3n) is 7.52. The molecule has 0 spiro atoms. The van der Waals surface area contributed by atoms with E-state index in [1.54, 1.807) is 9.47 Å². The number of piperazine rings is 1. The molecular formula is C29H31ClF3N7O5. The van der Waals surface area contributed by atoms with Crippen molar-refractivity contribution in [1.82, 2.24) is 24.1 Å². The third-order valence-corrected chi connectivity index (χ3v) is 7.84. The number of anilines is 2. The quantitative estimate of drug-likeness (QED) is 0.293. The van der Waals surface area contributed by atoms with Crippen LogP contribution in [0.4, 0.5) is 24.5 Å². The lowest BCUT2D eigenvalue weighted by atomic mass is 10.1. The lowest BCUT2D eigenvalue weighted by Gasteiger charge is -2.36. The number of alkyl halides is 3. The summed E-state index contributed by atoms with van der Waals surface area (Å²) < 4.78 is 47.4. The number of carbonyl (C=O) groups is 2. The fourth-order valence-electron chi connectivity index (χ4n) is 5.34. The molecule has 2 amide bonds. The second-order valence-electron chi connectivity index (χ2n) is 10.6. The van der Waals surface area contributed by atoms with Crippen LogP contribution in [0.3, 0.4) is 0 Å². The number of ether oxygens (including phenoxy) is 1. The Morgan fingerprint density at radius 2 is 1.93 bits per heavy atom. The zero-order valence-electron chi connectivity index (χ0n) is 24.5. The van der Waals surface area contributed by atoms with Crippen LogP contribution in [0, 0.1) is 0 Å². The average molecular weight is 650 g/mol. The molecule has 2 N–H and O–H groups in total. The van der Waals surface area contributed by atoms with Crippen LogP contribution in [-0.2, 0) is 33.5 Å². The molecule has 1 fully saturated rings. The molecule has 1 saturated heterocycles. The van der Waals surface area contributed by atoms with Gasteiger partial charge >= 0.3 is 6.18 Å². The summed E-state index contributed by atoms with van der Waals surface area (Å²) in [5.41, 5.74) is 0.175. The normalized spacial score (nSPS) is 16.2. The zero-order chi connectivity index (χ0) is 32.5. The van der Waals surface area contributed by atoms with Crippen LogP contribution in [-0.4, -0.2) is 80.4 Å². The summed E-state index contributed by atoms with van der Waals surface area (Å²) in [6.07, 6.45) is -0.788. The minimum absolute atomic E-state index is 0.00697. The van der Waals surface area contributed by atoms with Crippen LogP contribution in [0.25, 0.3) is 11.4 Å². The Kier molecular flexibility index (Phi) is 9.20. The third kappa shape index (κ3) is 6.83. The number of hydrogen-bond donors (Lipinski definition) is 2. The molecule has 0 saturated carbocycles. The SMILES string of the molecule is CCc1c(N2CCN(C(=O)/C=C(/C)O)CC2)c(=O)n2nc(C3=CCOCC3)nc2n1CC(=O)Nc1ccc(C(F)(F)F)cc1Cl. The molecule has 0 unspecified atom stereocenters. The molecule has 12 nitrogen and oxygen atoms in total. The topological polar surface area (TPSA) is 134 Å². The number of rotatable bonds is 7. The molecule has 4 heterocycles. The predicted octanol–water partition coefficient (Wildman–Crippen LogP) is 3.68. The van der Waals surface area contributed by atoms with Gasteiger partial charge in [-0.3, -0.25) is 14.4 Å². The van der Waals surface area contributed by atoms with Crippen molar-refractivity contribution in [3.8, 4) is 0 Å². The Bertz CT molecular complexity index is 1750. The van der Waals surface area contributed by atoms with Crippen molar-refractivity contribution < 1.29 is 32.6 Å². The highest BCUT2D eigenvalue weighted by Crippen LogP contribution is 2.34. The minimum Gasteiger partial charge on any atom is -0.512 e. The molecule has 5 rings (SSSR count). The molecular weight excluding hydrogens is 619 g/mol. The molecule has 2 aliphatic rings. The van der Waals surface area contributed by atoms with Gasteiger partial charge in [0.1, 0.15) is 12.2 Å². The average Bonchev–Trinajstić information content (AvgIpc) is 3.45. The molecule has 0 bridgehead atoms. The van der Waals surface area contributed by atoms with Gasteiger partial charge in [0.2, 0.25) is 17.6 Å². The number of hydrogen-bond acceptors (Lipinski definition) is 8. The Hall–Kier alpha value is -4.37. The van der Waals surface area contributed by atoms with Gasteiger partial charge in [-0.25, -0.2) is 0 Å². The van der Waals surface area contributed by atoms with Gasteiger partial charge < -0.3 is 29.5 Å². The van der Waals surface area contributed by atoms with Crippen LogP contribution in [0.1, 0.15) is 37.4 Å². The number of amides is 2. The maximum Gasteiger partial charge on any atom is 0.416 e. The lowest BCUT2D eigenvalue weighted by molar-refractivity contribution is -0.137. The van der Waals surface area contributed by atoms with E-state index in [2.05, 4.69) is 15.4 Å². The standard InChI is InChI=1S/C29H31ClF3N7O5/c1-3-22-25(38-10-8-37(9-11-38)24(43)14-17(2)41)27(44)40-28(35-26(36-40)18-6-12-45-13-7-18)39(22)16-23(42)34-21-5-4-19(15-20(21)30)29(31,32)33/h4-6,14-15,41H,3,7-13,16H2,1-2H3,(H,34,42)/b17-14-. The van der Waals surface area contributed by atoms with Gasteiger partial charge in [-0.15, -0.1) is 5.10 Å². The number of nitrogens with zero attached hydrogens (tertiary/aromatic N) is 6. The molecule has 0 aliphatic carbocycles. The Balaban J connectivity index is 1.53. The van der Waals surface area contributed by atoms with Crippen molar-refractivity contribution in [1.29, 1.82) is 0 Å². The smallest absolute Gasteiger partial charge is 0.416 e. The highest BCUT2D eigenvalue weighted by molar-refractivity contribution is 6.33.